The van der Waals surface area contributed by atoms with Gasteiger partial charge in [-0.15, -0.1) is 0 Å². The molecule has 2 rings (SSSR count). The monoisotopic (exact) mass is 168 g/mol. The van der Waals surface area contributed by atoms with E-state index in [1.807, 2.05) is 0 Å². The third-order valence-electron chi connectivity index (χ3n) is 3.25. The molecule has 2 aliphatic rings. The first-order chi connectivity index (χ1) is 5.67. The highest BCUT2D eigenvalue weighted by Crippen LogP contribution is 2.24. The molecular weight excluding hydrogens is 148 g/mol. The average Bonchev–Trinajstić information content (AvgIpc) is 2.31. The van der Waals surface area contributed by atoms with E-state index in [0.717, 1.165) is 12.1 Å². The summed E-state index contributed by atoms with van der Waals surface area (Å²) in [6.07, 6.45) is 5.38. The molecule has 2 N–H and O–H groups in total. The van der Waals surface area contributed by atoms with Gasteiger partial charge in [-0.3, -0.25) is 0 Å². The molecular formula is C10H20N2. The van der Waals surface area contributed by atoms with E-state index in [1.54, 1.807) is 0 Å². The Bertz CT molecular complexity index is 165. The highest BCUT2D eigenvalue weighted by atomic mass is 15.1. The standard InChI is InChI=1S/C10H20N2/c1-10(2)6-7-11-8-4-3-5-9(8)12-10/h8-9,11-12H,3-7H2,1-2H3/t8-,9-/m0/s1. The molecule has 0 aromatic heterocycles. The molecule has 70 valence electrons. The van der Waals surface area contributed by atoms with Gasteiger partial charge in [0.15, 0.2) is 0 Å². The third kappa shape index (κ3) is 1.64. The normalized spacial score (nSPS) is 40.5. The fraction of sp³-hybridized carbons (Fsp3) is 1.00. The Morgan fingerprint density at radius 3 is 2.75 bits per heavy atom. The summed E-state index contributed by atoms with van der Waals surface area (Å²) in [5.41, 5.74) is 0.344. The summed E-state index contributed by atoms with van der Waals surface area (Å²) < 4.78 is 0. The van der Waals surface area contributed by atoms with E-state index in [4.69, 9.17) is 0 Å². The van der Waals surface area contributed by atoms with Crippen molar-refractivity contribution in [1.29, 1.82) is 0 Å². The van der Waals surface area contributed by atoms with Crippen molar-refractivity contribution < 1.29 is 0 Å². The summed E-state index contributed by atoms with van der Waals surface area (Å²) in [5.74, 6) is 0. The summed E-state index contributed by atoms with van der Waals surface area (Å²) in [6, 6.07) is 1.49. The van der Waals surface area contributed by atoms with Crippen molar-refractivity contribution in [2.24, 2.45) is 0 Å². The van der Waals surface area contributed by atoms with Crippen molar-refractivity contribution in [3.8, 4) is 0 Å². The molecule has 0 aromatic carbocycles. The lowest BCUT2D eigenvalue weighted by atomic mass is 10.00. The molecule has 2 atom stereocenters. The van der Waals surface area contributed by atoms with E-state index < -0.39 is 0 Å². The lowest BCUT2D eigenvalue weighted by Gasteiger charge is -2.28. The zero-order valence-electron chi connectivity index (χ0n) is 8.19. The lowest BCUT2D eigenvalue weighted by molar-refractivity contribution is 0.334. The number of hydrogen-bond acceptors (Lipinski definition) is 2. The Morgan fingerprint density at radius 1 is 1.17 bits per heavy atom. The second kappa shape index (κ2) is 3.00. The van der Waals surface area contributed by atoms with Crippen LogP contribution in [0.1, 0.15) is 39.5 Å². The van der Waals surface area contributed by atoms with Crippen LogP contribution in [0.2, 0.25) is 0 Å². The molecule has 0 aromatic rings. The quantitative estimate of drug-likeness (QED) is 0.569. The number of fused-ring (bicyclic) bond motifs is 1. The molecule has 1 aliphatic heterocycles. The van der Waals surface area contributed by atoms with Crippen molar-refractivity contribution >= 4 is 0 Å². The van der Waals surface area contributed by atoms with Crippen LogP contribution in [0, 0.1) is 0 Å². The molecule has 1 saturated carbocycles. The Morgan fingerprint density at radius 2 is 1.92 bits per heavy atom. The topological polar surface area (TPSA) is 24.1 Å². The van der Waals surface area contributed by atoms with E-state index in [2.05, 4.69) is 24.5 Å². The minimum atomic E-state index is 0.344. The first-order valence-electron chi connectivity index (χ1n) is 5.18. The van der Waals surface area contributed by atoms with Crippen LogP contribution in [0.15, 0.2) is 0 Å². The van der Waals surface area contributed by atoms with E-state index in [0.29, 0.717) is 5.54 Å². The van der Waals surface area contributed by atoms with Crippen LogP contribution in [-0.2, 0) is 0 Å². The van der Waals surface area contributed by atoms with Gasteiger partial charge < -0.3 is 10.6 Å². The van der Waals surface area contributed by atoms with Crippen LogP contribution in [-0.4, -0.2) is 24.2 Å². The first-order valence-corrected chi connectivity index (χ1v) is 5.18. The molecule has 0 radical (unpaired) electrons. The molecule has 2 heteroatoms. The molecule has 0 amide bonds. The summed E-state index contributed by atoms with van der Waals surface area (Å²) >= 11 is 0. The van der Waals surface area contributed by atoms with Gasteiger partial charge in [-0.05, 0) is 39.7 Å². The van der Waals surface area contributed by atoms with Crippen molar-refractivity contribution in [1.82, 2.24) is 10.6 Å². The predicted molar refractivity (Wildman–Crippen MR) is 51.3 cm³/mol. The van der Waals surface area contributed by atoms with Crippen molar-refractivity contribution in [2.75, 3.05) is 6.54 Å². The van der Waals surface area contributed by atoms with Gasteiger partial charge in [0, 0.05) is 17.6 Å². The van der Waals surface area contributed by atoms with Gasteiger partial charge in [-0.25, -0.2) is 0 Å². The number of nitrogens with one attached hydrogen (secondary N) is 2. The van der Waals surface area contributed by atoms with Crippen LogP contribution in [0.4, 0.5) is 0 Å². The molecule has 12 heavy (non-hydrogen) atoms. The lowest BCUT2D eigenvalue weighted by Crippen LogP contribution is -2.48. The van der Waals surface area contributed by atoms with Gasteiger partial charge in [0.25, 0.3) is 0 Å². The zero-order valence-corrected chi connectivity index (χ0v) is 8.19. The van der Waals surface area contributed by atoms with E-state index in [1.165, 1.54) is 32.2 Å². The first kappa shape index (κ1) is 8.52. The van der Waals surface area contributed by atoms with Crippen LogP contribution in [0.25, 0.3) is 0 Å². The number of hydrogen-bond donors (Lipinski definition) is 2. The SMILES string of the molecule is CC1(C)CCN[C@H]2CCC[C@@H]2N1. The summed E-state index contributed by atoms with van der Waals surface area (Å²) in [6.45, 7) is 5.81. The summed E-state index contributed by atoms with van der Waals surface area (Å²) in [4.78, 5) is 0. The van der Waals surface area contributed by atoms with Crippen LogP contribution in [0.3, 0.4) is 0 Å². The van der Waals surface area contributed by atoms with Gasteiger partial charge in [0.05, 0.1) is 0 Å². The minimum Gasteiger partial charge on any atom is -0.312 e. The summed E-state index contributed by atoms with van der Waals surface area (Å²) in [7, 11) is 0. The molecule has 0 bridgehead atoms. The maximum absolute atomic E-state index is 3.75. The van der Waals surface area contributed by atoms with Gasteiger partial charge in [0.2, 0.25) is 0 Å². The second-order valence-electron chi connectivity index (χ2n) is 4.88. The van der Waals surface area contributed by atoms with Crippen molar-refractivity contribution in [3.05, 3.63) is 0 Å². The highest BCUT2D eigenvalue weighted by Gasteiger charge is 2.33. The summed E-state index contributed by atoms with van der Waals surface area (Å²) in [5, 5.41) is 7.39. The van der Waals surface area contributed by atoms with Gasteiger partial charge in [0.1, 0.15) is 0 Å². The fourth-order valence-corrected chi connectivity index (χ4v) is 2.52. The third-order valence-corrected chi connectivity index (χ3v) is 3.25. The molecule has 0 unspecified atom stereocenters. The van der Waals surface area contributed by atoms with Crippen LogP contribution < -0.4 is 10.6 Å². The van der Waals surface area contributed by atoms with Gasteiger partial charge in [-0.1, -0.05) is 6.42 Å². The van der Waals surface area contributed by atoms with Crippen LogP contribution >= 0.6 is 0 Å². The Labute approximate surface area is 75.1 Å². The smallest absolute Gasteiger partial charge is 0.0226 e. The fourth-order valence-electron chi connectivity index (χ4n) is 2.52. The molecule has 2 nitrogen and oxygen atoms in total. The molecule has 1 aliphatic carbocycles. The largest absolute Gasteiger partial charge is 0.312 e. The second-order valence-corrected chi connectivity index (χ2v) is 4.88. The Kier molecular flexibility index (Phi) is 2.13. The van der Waals surface area contributed by atoms with Gasteiger partial charge >= 0.3 is 0 Å². The Balaban J connectivity index is 2.04. The number of rotatable bonds is 0. The van der Waals surface area contributed by atoms with Crippen LogP contribution in [0.5, 0.6) is 0 Å². The van der Waals surface area contributed by atoms with E-state index in [-0.39, 0.29) is 0 Å². The minimum absolute atomic E-state index is 0.344. The molecule has 2 fully saturated rings. The van der Waals surface area contributed by atoms with Gasteiger partial charge in [-0.2, -0.15) is 0 Å². The van der Waals surface area contributed by atoms with E-state index >= 15 is 0 Å². The predicted octanol–water partition coefficient (Wildman–Crippen LogP) is 1.27. The molecule has 0 spiro atoms. The zero-order chi connectivity index (χ0) is 8.60. The van der Waals surface area contributed by atoms with Crippen molar-refractivity contribution in [3.63, 3.8) is 0 Å². The maximum Gasteiger partial charge on any atom is 0.0226 e. The average molecular weight is 168 g/mol. The van der Waals surface area contributed by atoms with E-state index in [9.17, 15) is 0 Å². The maximum atomic E-state index is 3.75. The van der Waals surface area contributed by atoms with Crippen molar-refractivity contribution in [2.45, 2.75) is 57.2 Å². The molecule has 1 heterocycles. The Hall–Kier alpha value is -0.0800. The highest BCUT2D eigenvalue weighted by molar-refractivity contribution is 4.96. The molecule has 1 saturated heterocycles.